The molecule has 7 heteroatoms. The zero-order valence-electron chi connectivity index (χ0n) is 11.8. The van der Waals surface area contributed by atoms with E-state index in [9.17, 15) is 18.4 Å². The Labute approximate surface area is 142 Å². The molecule has 2 rings (SSSR count). The van der Waals surface area contributed by atoms with E-state index in [1.807, 2.05) is 0 Å². The molecule has 0 aliphatic rings. The van der Waals surface area contributed by atoms with Crippen LogP contribution in [0.15, 0.2) is 58.5 Å². The number of hydrogen-bond acceptors (Lipinski definition) is 4. The highest BCUT2D eigenvalue weighted by Gasteiger charge is 2.34. The Morgan fingerprint density at radius 1 is 1.04 bits per heavy atom. The molecule has 2 aromatic rings. The fourth-order valence-electron chi connectivity index (χ4n) is 1.91. The van der Waals surface area contributed by atoms with Crippen LogP contribution in [0, 0.1) is 11.3 Å². The Hall–Kier alpha value is -2.59. The minimum atomic E-state index is -4.56. The summed E-state index contributed by atoms with van der Waals surface area (Å²) in [5, 5.41) is 9.27. The van der Waals surface area contributed by atoms with Crippen molar-refractivity contribution in [2.24, 2.45) is 5.73 Å². The van der Waals surface area contributed by atoms with Crippen LogP contribution in [0.2, 0.25) is 0 Å². The summed E-state index contributed by atoms with van der Waals surface area (Å²) in [5.74, 6) is 0. The van der Waals surface area contributed by atoms with E-state index in [4.69, 9.17) is 11.5 Å². The normalized spacial score (nSPS) is 11.9. The SMILES string of the molecule is C.N#CC(=C(N)Sc1ccc(N)cc1)c1ccccc1C(F)(F)F. The largest absolute Gasteiger partial charge is 0.417 e. The smallest absolute Gasteiger partial charge is 0.399 e. The second-order valence-corrected chi connectivity index (χ2v) is 5.68. The number of thioether (sulfide) groups is 1. The van der Waals surface area contributed by atoms with Gasteiger partial charge in [-0.25, -0.2) is 0 Å². The van der Waals surface area contributed by atoms with Crippen LogP contribution >= 0.6 is 11.8 Å². The molecular weight excluding hydrogens is 335 g/mol. The number of hydrogen-bond donors (Lipinski definition) is 2. The molecule has 126 valence electrons. The van der Waals surface area contributed by atoms with Gasteiger partial charge >= 0.3 is 6.18 Å². The van der Waals surface area contributed by atoms with Crippen molar-refractivity contribution in [3.63, 3.8) is 0 Å². The first-order valence-corrected chi connectivity index (χ1v) is 7.24. The van der Waals surface area contributed by atoms with E-state index in [-0.39, 0.29) is 23.6 Å². The van der Waals surface area contributed by atoms with Gasteiger partial charge in [0.1, 0.15) is 6.07 Å². The lowest BCUT2D eigenvalue weighted by molar-refractivity contribution is -0.137. The first-order chi connectivity index (χ1) is 10.8. The number of benzene rings is 2. The van der Waals surface area contributed by atoms with Crippen molar-refractivity contribution < 1.29 is 13.2 Å². The lowest BCUT2D eigenvalue weighted by Gasteiger charge is -2.13. The Bertz CT molecular complexity index is 775. The van der Waals surface area contributed by atoms with Gasteiger partial charge in [-0.3, -0.25) is 0 Å². The molecule has 0 amide bonds. The number of nitrogen functional groups attached to an aromatic ring is 1. The molecular formula is C17H16F3N3S. The van der Waals surface area contributed by atoms with Gasteiger partial charge in [0.05, 0.1) is 16.2 Å². The van der Waals surface area contributed by atoms with Crippen LogP contribution in [-0.4, -0.2) is 0 Å². The summed E-state index contributed by atoms with van der Waals surface area (Å²) in [6.45, 7) is 0. The second-order valence-electron chi connectivity index (χ2n) is 4.57. The molecule has 4 N–H and O–H groups in total. The highest BCUT2D eigenvalue weighted by molar-refractivity contribution is 8.03. The minimum absolute atomic E-state index is 0. The average Bonchev–Trinajstić information content (AvgIpc) is 2.50. The maximum absolute atomic E-state index is 13.1. The number of nitriles is 1. The van der Waals surface area contributed by atoms with E-state index < -0.39 is 11.7 Å². The maximum atomic E-state index is 13.1. The van der Waals surface area contributed by atoms with Gasteiger partial charge in [0.2, 0.25) is 0 Å². The molecule has 0 aromatic heterocycles. The molecule has 0 unspecified atom stereocenters. The molecule has 0 bridgehead atoms. The molecule has 2 aromatic carbocycles. The zero-order chi connectivity index (χ0) is 17.0. The highest BCUT2D eigenvalue weighted by Crippen LogP contribution is 2.37. The summed E-state index contributed by atoms with van der Waals surface area (Å²) in [5.41, 5.74) is 10.7. The number of alkyl halides is 3. The van der Waals surface area contributed by atoms with Crippen molar-refractivity contribution in [3.05, 3.63) is 64.7 Å². The van der Waals surface area contributed by atoms with E-state index in [0.29, 0.717) is 10.6 Å². The molecule has 0 aliphatic carbocycles. The standard InChI is InChI=1S/C16H12F3N3S.CH4/c17-16(18,19)14-4-2-1-3-12(14)13(9-20)15(22)23-11-7-5-10(21)6-8-11;/h1-8H,21-22H2;1H4. The summed E-state index contributed by atoms with van der Waals surface area (Å²) >= 11 is 1.01. The number of anilines is 1. The van der Waals surface area contributed by atoms with Crippen LogP contribution in [-0.2, 0) is 6.18 Å². The Morgan fingerprint density at radius 3 is 2.17 bits per heavy atom. The summed E-state index contributed by atoms with van der Waals surface area (Å²) in [6.07, 6.45) is -4.56. The second kappa shape index (κ2) is 7.79. The van der Waals surface area contributed by atoms with Crippen molar-refractivity contribution in [2.45, 2.75) is 18.5 Å². The van der Waals surface area contributed by atoms with Gasteiger partial charge in [0.15, 0.2) is 0 Å². The minimum Gasteiger partial charge on any atom is -0.399 e. The van der Waals surface area contributed by atoms with Crippen LogP contribution in [0.3, 0.4) is 0 Å². The Kier molecular flexibility index (Phi) is 6.32. The molecule has 3 nitrogen and oxygen atoms in total. The molecule has 0 spiro atoms. The first kappa shape index (κ1) is 19.5. The van der Waals surface area contributed by atoms with Crippen LogP contribution in [0.5, 0.6) is 0 Å². The Balaban J connectivity index is 0.00000288. The van der Waals surface area contributed by atoms with E-state index in [1.54, 1.807) is 30.3 Å². The van der Waals surface area contributed by atoms with Crippen molar-refractivity contribution in [3.8, 4) is 6.07 Å². The van der Waals surface area contributed by atoms with Crippen molar-refractivity contribution in [2.75, 3.05) is 5.73 Å². The monoisotopic (exact) mass is 351 g/mol. The third kappa shape index (κ3) is 4.46. The van der Waals surface area contributed by atoms with Gasteiger partial charge in [0, 0.05) is 16.1 Å². The van der Waals surface area contributed by atoms with Crippen LogP contribution in [0.25, 0.3) is 5.57 Å². The molecule has 0 aliphatic heterocycles. The third-order valence-corrected chi connectivity index (χ3v) is 3.90. The lowest BCUT2D eigenvalue weighted by Crippen LogP contribution is -2.10. The summed E-state index contributed by atoms with van der Waals surface area (Å²) in [7, 11) is 0. The van der Waals surface area contributed by atoms with Gasteiger partial charge < -0.3 is 11.5 Å². The van der Waals surface area contributed by atoms with E-state index in [1.165, 1.54) is 18.2 Å². The molecule has 0 radical (unpaired) electrons. The van der Waals surface area contributed by atoms with Crippen molar-refractivity contribution in [1.82, 2.24) is 0 Å². The van der Waals surface area contributed by atoms with Crippen molar-refractivity contribution >= 4 is 23.0 Å². The molecule has 24 heavy (non-hydrogen) atoms. The van der Waals surface area contributed by atoms with E-state index >= 15 is 0 Å². The van der Waals surface area contributed by atoms with Gasteiger partial charge in [-0.15, -0.1) is 0 Å². The van der Waals surface area contributed by atoms with Gasteiger partial charge in [0.25, 0.3) is 0 Å². The van der Waals surface area contributed by atoms with Crippen LogP contribution in [0.4, 0.5) is 18.9 Å². The fraction of sp³-hybridized carbons (Fsp3) is 0.118. The lowest BCUT2D eigenvalue weighted by atomic mass is 10.0. The summed E-state index contributed by atoms with van der Waals surface area (Å²) in [6, 6.07) is 13.3. The topological polar surface area (TPSA) is 75.8 Å². The van der Waals surface area contributed by atoms with Crippen LogP contribution < -0.4 is 11.5 Å². The average molecular weight is 351 g/mol. The van der Waals surface area contributed by atoms with Crippen LogP contribution in [0.1, 0.15) is 18.6 Å². The molecule has 0 fully saturated rings. The zero-order valence-corrected chi connectivity index (χ0v) is 12.6. The molecule has 0 saturated heterocycles. The molecule has 0 heterocycles. The Morgan fingerprint density at radius 2 is 1.62 bits per heavy atom. The third-order valence-electron chi connectivity index (χ3n) is 2.97. The number of nitrogens with zero attached hydrogens (tertiary/aromatic N) is 1. The predicted molar refractivity (Wildman–Crippen MR) is 91.6 cm³/mol. The van der Waals surface area contributed by atoms with Gasteiger partial charge in [-0.05, 0) is 30.3 Å². The van der Waals surface area contributed by atoms with E-state index in [2.05, 4.69) is 0 Å². The summed E-state index contributed by atoms with van der Waals surface area (Å²) in [4.78, 5) is 0.675. The first-order valence-electron chi connectivity index (χ1n) is 6.42. The predicted octanol–water partition coefficient (Wildman–Crippen LogP) is 4.87. The summed E-state index contributed by atoms with van der Waals surface area (Å²) < 4.78 is 39.3. The van der Waals surface area contributed by atoms with E-state index in [0.717, 1.165) is 17.8 Å². The van der Waals surface area contributed by atoms with Gasteiger partial charge in [-0.1, -0.05) is 37.4 Å². The van der Waals surface area contributed by atoms with Crippen molar-refractivity contribution in [1.29, 1.82) is 5.26 Å². The molecule has 0 atom stereocenters. The number of halogens is 3. The highest BCUT2D eigenvalue weighted by atomic mass is 32.2. The number of allylic oxidation sites excluding steroid dienone is 1. The number of nitrogens with two attached hydrogens (primary N) is 2. The molecule has 0 saturated carbocycles. The fourth-order valence-corrected chi connectivity index (χ4v) is 2.69. The maximum Gasteiger partial charge on any atom is 0.417 e. The quantitative estimate of drug-likeness (QED) is 0.470. The van der Waals surface area contributed by atoms with Gasteiger partial charge in [-0.2, -0.15) is 18.4 Å². The number of rotatable bonds is 3.